The third-order valence-electron chi connectivity index (χ3n) is 3.21. The Bertz CT molecular complexity index is 506. The van der Waals surface area contributed by atoms with E-state index in [0.29, 0.717) is 13.0 Å². The van der Waals surface area contributed by atoms with Crippen LogP contribution in [0.3, 0.4) is 0 Å². The van der Waals surface area contributed by atoms with Crippen LogP contribution in [0, 0.1) is 12.8 Å². The van der Waals surface area contributed by atoms with Crippen LogP contribution in [-0.4, -0.2) is 23.7 Å². The Morgan fingerprint density at radius 1 is 1.33 bits per heavy atom. The second-order valence-electron chi connectivity index (χ2n) is 5.14. The SMILES string of the molecule is Cc1cccc(NC(=O)NCCC(C)CCC(=O)O)c1Br. The van der Waals surface area contributed by atoms with Crippen molar-refractivity contribution in [2.24, 2.45) is 5.92 Å². The maximum Gasteiger partial charge on any atom is 0.319 e. The lowest BCUT2D eigenvalue weighted by atomic mass is 10.0. The highest BCUT2D eigenvalue weighted by Crippen LogP contribution is 2.25. The minimum atomic E-state index is -0.781. The molecular weight excluding hydrogens is 336 g/mol. The summed E-state index contributed by atoms with van der Waals surface area (Å²) in [6.07, 6.45) is 1.56. The number of anilines is 1. The van der Waals surface area contributed by atoms with Crippen LogP contribution in [0.5, 0.6) is 0 Å². The third kappa shape index (κ3) is 6.62. The van der Waals surface area contributed by atoms with Crippen LogP contribution in [0.4, 0.5) is 10.5 Å². The van der Waals surface area contributed by atoms with Crippen molar-refractivity contribution < 1.29 is 14.7 Å². The average Bonchev–Trinajstić information content (AvgIpc) is 2.41. The molecule has 0 aliphatic carbocycles. The molecule has 1 atom stereocenters. The van der Waals surface area contributed by atoms with E-state index in [4.69, 9.17) is 5.11 Å². The van der Waals surface area contributed by atoms with Crippen LogP contribution in [0.15, 0.2) is 22.7 Å². The molecule has 21 heavy (non-hydrogen) atoms. The number of nitrogens with one attached hydrogen (secondary N) is 2. The lowest BCUT2D eigenvalue weighted by Gasteiger charge is -2.12. The zero-order valence-corrected chi connectivity index (χ0v) is 13.9. The van der Waals surface area contributed by atoms with Crippen molar-refractivity contribution in [3.8, 4) is 0 Å². The van der Waals surface area contributed by atoms with E-state index in [2.05, 4.69) is 26.6 Å². The molecule has 0 spiro atoms. The summed E-state index contributed by atoms with van der Waals surface area (Å²) in [5.74, 6) is -0.510. The van der Waals surface area contributed by atoms with Gasteiger partial charge < -0.3 is 15.7 Å². The van der Waals surface area contributed by atoms with Gasteiger partial charge in [-0.15, -0.1) is 0 Å². The summed E-state index contributed by atoms with van der Waals surface area (Å²) >= 11 is 3.44. The average molecular weight is 357 g/mol. The molecule has 0 aliphatic rings. The number of urea groups is 1. The standard InChI is InChI=1S/C15H21BrN2O3/c1-10(6-7-13(19)20)8-9-17-15(21)18-12-5-3-4-11(2)14(12)16/h3-5,10H,6-9H2,1-2H3,(H,19,20)(H2,17,18,21). The van der Waals surface area contributed by atoms with Crippen molar-refractivity contribution in [3.05, 3.63) is 28.2 Å². The van der Waals surface area contributed by atoms with E-state index in [1.165, 1.54) is 0 Å². The second-order valence-corrected chi connectivity index (χ2v) is 5.94. The Morgan fingerprint density at radius 3 is 2.71 bits per heavy atom. The summed E-state index contributed by atoms with van der Waals surface area (Å²) in [6.45, 7) is 4.47. The zero-order chi connectivity index (χ0) is 15.8. The molecule has 0 aromatic heterocycles. The number of halogens is 1. The highest BCUT2D eigenvalue weighted by Gasteiger charge is 2.08. The van der Waals surface area contributed by atoms with Gasteiger partial charge in [-0.3, -0.25) is 4.79 Å². The van der Waals surface area contributed by atoms with E-state index in [9.17, 15) is 9.59 Å². The molecule has 3 N–H and O–H groups in total. The Labute approximate surface area is 133 Å². The van der Waals surface area contributed by atoms with Gasteiger partial charge >= 0.3 is 12.0 Å². The molecule has 0 radical (unpaired) electrons. The molecule has 0 saturated heterocycles. The van der Waals surface area contributed by atoms with Gasteiger partial charge in [-0.2, -0.15) is 0 Å². The molecule has 0 saturated carbocycles. The summed E-state index contributed by atoms with van der Waals surface area (Å²) in [6, 6.07) is 5.40. The van der Waals surface area contributed by atoms with Crippen LogP contribution in [0.25, 0.3) is 0 Å². The first kappa shape index (κ1) is 17.5. The first-order valence-electron chi connectivity index (χ1n) is 6.92. The predicted octanol–water partition coefficient (Wildman–Crippen LogP) is 3.77. The number of carboxylic acids is 1. The summed E-state index contributed by atoms with van der Waals surface area (Å²) in [5, 5.41) is 14.2. The minimum Gasteiger partial charge on any atom is -0.481 e. The van der Waals surface area contributed by atoms with Crippen molar-refractivity contribution >= 4 is 33.6 Å². The van der Waals surface area contributed by atoms with E-state index in [-0.39, 0.29) is 18.4 Å². The molecule has 0 heterocycles. The Hall–Kier alpha value is -1.56. The molecule has 0 fully saturated rings. The van der Waals surface area contributed by atoms with E-state index in [1.54, 1.807) is 0 Å². The molecule has 5 nitrogen and oxygen atoms in total. The monoisotopic (exact) mass is 356 g/mol. The van der Waals surface area contributed by atoms with Crippen LogP contribution in [0.1, 0.15) is 31.7 Å². The number of carbonyl (C=O) groups excluding carboxylic acids is 1. The molecule has 1 rings (SSSR count). The normalized spacial score (nSPS) is 11.8. The van der Waals surface area contributed by atoms with Crippen LogP contribution < -0.4 is 10.6 Å². The summed E-state index contributed by atoms with van der Waals surface area (Å²) in [5.41, 5.74) is 1.78. The lowest BCUT2D eigenvalue weighted by molar-refractivity contribution is -0.137. The van der Waals surface area contributed by atoms with Gasteiger partial charge in [-0.25, -0.2) is 4.79 Å². The fourth-order valence-corrected chi connectivity index (χ4v) is 2.22. The molecular formula is C15H21BrN2O3. The van der Waals surface area contributed by atoms with Gasteiger partial charge in [0.1, 0.15) is 0 Å². The maximum atomic E-state index is 11.8. The number of benzene rings is 1. The molecule has 1 unspecified atom stereocenters. The van der Waals surface area contributed by atoms with E-state index < -0.39 is 5.97 Å². The van der Waals surface area contributed by atoms with Gasteiger partial charge in [0.05, 0.1) is 5.69 Å². The van der Waals surface area contributed by atoms with Crippen molar-refractivity contribution in [1.29, 1.82) is 0 Å². The Morgan fingerprint density at radius 2 is 2.05 bits per heavy atom. The topological polar surface area (TPSA) is 78.4 Å². The largest absolute Gasteiger partial charge is 0.481 e. The molecule has 0 aliphatic heterocycles. The van der Waals surface area contributed by atoms with Gasteiger partial charge in [0, 0.05) is 17.4 Å². The molecule has 0 bridgehead atoms. The van der Waals surface area contributed by atoms with Crippen LogP contribution in [-0.2, 0) is 4.79 Å². The molecule has 6 heteroatoms. The summed E-state index contributed by atoms with van der Waals surface area (Å²) < 4.78 is 0.870. The van der Waals surface area contributed by atoms with Crippen LogP contribution in [0.2, 0.25) is 0 Å². The van der Waals surface area contributed by atoms with Crippen molar-refractivity contribution in [2.45, 2.75) is 33.1 Å². The van der Waals surface area contributed by atoms with E-state index >= 15 is 0 Å². The summed E-state index contributed by atoms with van der Waals surface area (Å²) in [7, 11) is 0. The minimum absolute atomic E-state index is 0.170. The number of hydrogen-bond donors (Lipinski definition) is 3. The summed E-state index contributed by atoms with van der Waals surface area (Å²) in [4.78, 5) is 22.3. The fourth-order valence-electron chi connectivity index (χ4n) is 1.86. The Kier molecular flexibility index (Phi) is 7.22. The molecule has 2 amide bonds. The van der Waals surface area contributed by atoms with E-state index in [1.807, 2.05) is 32.0 Å². The third-order valence-corrected chi connectivity index (χ3v) is 4.27. The molecule has 116 valence electrons. The van der Waals surface area contributed by atoms with Gasteiger partial charge in [-0.1, -0.05) is 19.1 Å². The number of aryl methyl sites for hydroxylation is 1. The number of carboxylic acid groups (broad SMARTS) is 1. The van der Waals surface area contributed by atoms with Gasteiger partial charge in [0.2, 0.25) is 0 Å². The predicted molar refractivity (Wildman–Crippen MR) is 86.6 cm³/mol. The number of aliphatic carboxylic acids is 1. The Balaban J connectivity index is 2.31. The number of carbonyl (C=O) groups is 2. The first-order valence-corrected chi connectivity index (χ1v) is 7.71. The van der Waals surface area contributed by atoms with Crippen molar-refractivity contribution in [1.82, 2.24) is 5.32 Å². The number of hydrogen-bond acceptors (Lipinski definition) is 2. The molecule has 1 aromatic carbocycles. The van der Waals surface area contributed by atoms with Gasteiger partial charge in [0.15, 0.2) is 0 Å². The van der Waals surface area contributed by atoms with E-state index in [0.717, 1.165) is 22.1 Å². The first-order chi connectivity index (χ1) is 9.90. The van der Waals surface area contributed by atoms with Gasteiger partial charge in [-0.05, 0) is 53.2 Å². The smallest absolute Gasteiger partial charge is 0.319 e. The van der Waals surface area contributed by atoms with Crippen molar-refractivity contribution in [2.75, 3.05) is 11.9 Å². The lowest BCUT2D eigenvalue weighted by Crippen LogP contribution is -2.30. The number of amides is 2. The van der Waals surface area contributed by atoms with Crippen molar-refractivity contribution in [3.63, 3.8) is 0 Å². The van der Waals surface area contributed by atoms with Crippen LogP contribution >= 0.6 is 15.9 Å². The highest BCUT2D eigenvalue weighted by atomic mass is 79.9. The number of rotatable bonds is 7. The second kappa shape index (κ2) is 8.67. The fraction of sp³-hybridized carbons (Fsp3) is 0.467. The van der Waals surface area contributed by atoms with Gasteiger partial charge in [0.25, 0.3) is 0 Å². The molecule has 1 aromatic rings. The highest BCUT2D eigenvalue weighted by molar-refractivity contribution is 9.10. The maximum absolute atomic E-state index is 11.8. The quantitative estimate of drug-likeness (QED) is 0.695. The zero-order valence-electron chi connectivity index (χ0n) is 12.3.